The molecule has 5 rings (SSSR count). The van der Waals surface area contributed by atoms with Crippen LogP contribution in [0.5, 0.6) is 5.75 Å². The highest BCUT2D eigenvalue weighted by Crippen LogP contribution is 2.32. The van der Waals surface area contributed by atoms with Gasteiger partial charge in [-0.2, -0.15) is 18.2 Å². The minimum atomic E-state index is -4.41. The van der Waals surface area contributed by atoms with E-state index >= 15 is 0 Å². The summed E-state index contributed by atoms with van der Waals surface area (Å²) in [6.07, 6.45) is -3.44. The van der Waals surface area contributed by atoms with Crippen LogP contribution in [0.3, 0.4) is 0 Å². The molecule has 0 amide bonds. The highest BCUT2D eigenvalue weighted by atomic mass is 19.4. The van der Waals surface area contributed by atoms with Gasteiger partial charge in [0.15, 0.2) is 0 Å². The molecule has 0 saturated carbocycles. The summed E-state index contributed by atoms with van der Waals surface area (Å²) in [6, 6.07) is 11.3. The van der Waals surface area contributed by atoms with Gasteiger partial charge in [-0.05, 0) is 36.2 Å². The molecule has 2 aliphatic rings. The Labute approximate surface area is 189 Å². The van der Waals surface area contributed by atoms with Gasteiger partial charge in [-0.1, -0.05) is 29.4 Å². The Kier molecular flexibility index (Phi) is 5.84. The van der Waals surface area contributed by atoms with E-state index in [0.717, 1.165) is 63.6 Å². The number of fused-ring (bicyclic) bond motifs is 1. The predicted molar refractivity (Wildman–Crippen MR) is 116 cm³/mol. The normalized spacial score (nSPS) is 18.2. The standard InChI is InChI=1S/C24H25F3N4O2/c1-16(23-28-22(29-33-23)19-3-2-4-20(14-19)24(25,26)27)31-10-8-30(9-11-31)15-17-5-6-21-18(13-17)7-12-32-21/h2-6,13-14,16H,7-12,15H2,1H3. The Morgan fingerprint density at radius 2 is 1.88 bits per heavy atom. The van der Waals surface area contributed by atoms with Gasteiger partial charge < -0.3 is 9.26 Å². The van der Waals surface area contributed by atoms with E-state index in [9.17, 15) is 13.2 Å². The Hall–Kier alpha value is -2.91. The zero-order chi connectivity index (χ0) is 23.0. The zero-order valence-corrected chi connectivity index (χ0v) is 18.3. The number of nitrogens with zero attached hydrogens (tertiary/aromatic N) is 4. The molecular formula is C24H25F3N4O2. The van der Waals surface area contributed by atoms with E-state index in [1.165, 1.54) is 17.2 Å². The quantitative estimate of drug-likeness (QED) is 0.559. The summed E-state index contributed by atoms with van der Waals surface area (Å²) in [6.45, 7) is 7.15. The molecule has 33 heavy (non-hydrogen) atoms. The molecule has 174 valence electrons. The van der Waals surface area contributed by atoms with Gasteiger partial charge in [-0.15, -0.1) is 0 Å². The average molecular weight is 458 g/mol. The van der Waals surface area contributed by atoms with Crippen LogP contribution in [0.1, 0.15) is 35.5 Å². The number of hydrogen-bond donors (Lipinski definition) is 0. The van der Waals surface area contributed by atoms with Gasteiger partial charge in [0, 0.05) is 44.7 Å². The largest absolute Gasteiger partial charge is 0.493 e. The van der Waals surface area contributed by atoms with Crippen LogP contribution in [0, 0.1) is 0 Å². The van der Waals surface area contributed by atoms with Crippen molar-refractivity contribution in [3.63, 3.8) is 0 Å². The highest BCUT2D eigenvalue weighted by molar-refractivity contribution is 5.55. The summed E-state index contributed by atoms with van der Waals surface area (Å²) in [4.78, 5) is 9.07. The molecule has 2 aromatic carbocycles. The van der Waals surface area contributed by atoms with Crippen molar-refractivity contribution in [2.45, 2.75) is 32.1 Å². The Balaban J connectivity index is 1.19. The van der Waals surface area contributed by atoms with Crippen LogP contribution >= 0.6 is 0 Å². The lowest BCUT2D eigenvalue weighted by atomic mass is 10.1. The first-order valence-electron chi connectivity index (χ1n) is 11.1. The van der Waals surface area contributed by atoms with E-state index in [4.69, 9.17) is 9.26 Å². The third-order valence-electron chi connectivity index (χ3n) is 6.36. The fourth-order valence-electron chi connectivity index (χ4n) is 4.42. The SMILES string of the molecule is CC(c1nc(-c2cccc(C(F)(F)F)c2)no1)N1CCN(Cc2ccc3c(c2)CCO3)CC1. The van der Waals surface area contributed by atoms with Crippen LogP contribution in [0.4, 0.5) is 13.2 Å². The van der Waals surface area contributed by atoms with Gasteiger partial charge in [-0.3, -0.25) is 9.80 Å². The first-order chi connectivity index (χ1) is 15.9. The molecule has 2 aliphatic heterocycles. The molecule has 1 saturated heterocycles. The van der Waals surface area contributed by atoms with Crippen molar-refractivity contribution in [2.24, 2.45) is 0 Å². The first kappa shape index (κ1) is 21.9. The van der Waals surface area contributed by atoms with E-state index in [0.29, 0.717) is 5.89 Å². The molecule has 0 radical (unpaired) electrons. The Morgan fingerprint density at radius 1 is 1.06 bits per heavy atom. The second kappa shape index (κ2) is 8.79. The minimum Gasteiger partial charge on any atom is -0.493 e. The summed E-state index contributed by atoms with van der Waals surface area (Å²) in [7, 11) is 0. The maximum absolute atomic E-state index is 13.0. The van der Waals surface area contributed by atoms with Crippen LogP contribution in [0.25, 0.3) is 11.4 Å². The Morgan fingerprint density at radius 3 is 2.67 bits per heavy atom. The second-order valence-electron chi connectivity index (χ2n) is 8.56. The topological polar surface area (TPSA) is 54.6 Å². The molecule has 3 heterocycles. The molecule has 1 unspecified atom stereocenters. The van der Waals surface area contributed by atoms with Crippen molar-refractivity contribution in [2.75, 3.05) is 32.8 Å². The van der Waals surface area contributed by atoms with Gasteiger partial charge in [-0.25, -0.2) is 0 Å². The molecule has 1 atom stereocenters. The molecule has 9 heteroatoms. The highest BCUT2D eigenvalue weighted by Gasteiger charge is 2.31. The molecule has 1 aromatic heterocycles. The third-order valence-corrected chi connectivity index (χ3v) is 6.36. The maximum Gasteiger partial charge on any atom is 0.416 e. The van der Waals surface area contributed by atoms with Gasteiger partial charge in [0.05, 0.1) is 18.2 Å². The van der Waals surface area contributed by atoms with Crippen LogP contribution in [0.15, 0.2) is 47.0 Å². The smallest absolute Gasteiger partial charge is 0.416 e. The summed E-state index contributed by atoms with van der Waals surface area (Å²) < 4.78 is 50.0. The van der Waals surface area contributed by atoms with Crippen LogP contribution in [-0.4, -0.2) is 52.7 Å². The van der Waals surface area contributed by atoms with Crippen molar-refractivity contribution in [3.8, 4) is 17.1 Å². The fourth-order valence-corrected chi connectivity index (χ4v) is 4.42. The van der Waals surface area contributed by atoms with Gasteiger partial charge >= 0.3 is 6.18 Å². The lowest BCUT2D eigenvalue weighted by molar-refractivity contribution is -0.137. The summed E-state index contributed by atoms with van der Waals surface area (Å²) in [5, 5.41) is 3.92. The Bertz CT molecular complexity index is 1120. The number of aromatic nitrogens is 2. The van der Waals surface area contributed by atoms with Crippen molar-refractivity contribution in [1.29, 1.82) is 0 Å². The van der Waals surface area contributed by atoms with E-state index in [-0.39, 0.29) is 17.4 Å². The molecule has 0 N–H and O–H groups in total. The number of alkyl halides is 3. The number of piperazine rings is 1. The van der Waals surface area contributed by atoms with Crippen molar-refractivity contribution in [1.82, 2.24) is 19.9 Å². The molecular weight excluding hydrogens is 433 g/mol. The van der Waals surface area contributed by atoms with Crippen LogP contribution in [-0.2, 0) is 19.1 Å². The van der Waals surface area contributed by atoms with E-state index in [1.54, 1.807) is 6.07 Å². The van der Waals surface area contributed by atoms with Gasteiger partial charge in [0.25, 0.3) is 0 Å². The van der Waals surface area contributed by atoms with Crippen LogP contribution in [0.2, 0.25) is 0 Å². The molecule has 6 nitrogen and oxygen atoms in total. The molecule has 0 aliphatic carbocycles. The summed E-state index contributed by atoms with van der Waals surface area (Å²) in [5.74, 6) is 1.58. The van der Waals surface area contributed by atoms with Crippen LogP contribution < -0.4 is 4.74 Å². The van der Waals surface area contributed by atoms with E-state index in [2.05, 4.69) is 38.1 Å². The fraction of sp³-hybridized carbons (Fsp3) is 0.417. The number of halogens is 3. The van der Waals surface area contributed by atoms with Crippen molar-refractivity contribution in [3.05, 3.63) is 65.0 Å². The second-order valence-corrected chi connectivity index (χ2v) is 8.56. The predicted octanol–water partition coefficient (Wildman–Crippen LogP) is 4.57. The molecule has 3 aromatic rings. The van der Waals surface area contributed by atoms with Crippen molar-refractivity contribution >= 4 is 0 Å². The maximum atomic E-state index is 13.0. The van der Waals surface area contributed by atoms with Crippen molar-refractivity contribution < 1.29 is 22.4 Å². The number of hydrogen-bond acceptors (Lipinski definition) is 6. The van der Waals surface area contributed by atoms with E-state index in [1.807, 2.05) is 6.92 Å². The van der Waals surface area contributed by atoms with Gasteiger partial charge in [0.1, 0.15) is 5.75 Å². The average Bonchev–Trinajstić information content (AvgIpc) is 3.48. The summed E-state index contributed by atoms with van der Waals surface area (Å²) >= 11 is 0. The molecule has 1 fully saturated rings. The zero-order valence-electron chi connectivity index (χ0n) is 18.3. The summed E-state index contributed by atoms with van der Waals surface area (Å²) in [5.41, 5.74) is 2.14. The monoisotopic (exact) mass is 458 g/mol. The minimum absolute atomic E-state index is 0.114. The van der Waals surface area contributed by atoms with E-state index < -0.39 is 11.7 Å². The number of rotatable bonds is 5. The lowest BCUT2D eigenvalue weighted by Gasteiger charge is -2.36. The first-order valence-corrected chi connectivity index (χ1v) is 11.1. The third kappa shape index (κ3) is 4.74. The number of benzene rings is 2. The number of ether oxygens (including phenoxy) is 1. The van der Waals surface area contributed by atoms with Gasteiger partial charge in [0.2, 0.25) is 11.7 Å². The molecule has 0 spiro atoms. The lowest BCUT2D eigenvalue weighted by Crippen LogP contribution is -2.46. The molecule has 0 bridgehead atoms.